The molecule has 1 heterocycles. The van der Waals surface area contributed by atoms with E-state index in [2.05, 4.69) is 4.98 Å². The lowest BCUT2D eigenvalue weighted by atomic mass is 9.96. The third-order valence-electron chi connectivity index (χ3n) is 4.21. The smallest absolute Gasteiger partial charge is 0.304 e. The number of nitrogens with two attached hydrogens (primary N) is 2. The van der Waals surface area contributed by atoms with Gasteiger partial charge in [0, 0.05) is 28.0 Å². The van der Waals surface area contributed by atoms with Gasteiger partial charge in [0.2, 0.25) is 0 Å². The number of phenolic OH excluding ortho intramolecular Hbond substituents is 1. The quantitative estimate of drug-likeness (QED) is 0.442. The van der Waals surface area contributed by atoms with E-state index in [-0.39, 0.29) is 12.3 Å². The third-order valence-corrected chi connectivity index (χ3v) is 4.46. The summed E-state index contributed by atoms with van der Waals surface area (Å²) >= 11 is 5.72. The number of aromatic amines is 1. The number of nitrogens with one attached hydrogen (secondary N) is 1. The lowest BCUT2D eigenvalue weighted by molar-refractivity contribution is -0.137. The molecule has 1 unspecified atom stereocenters. The summed E-state index contributed by atoms with van der Waals surface area (Å²) in [6.45, 7) is 0.955. The predicted octanol–water partition coefficient (Wildman–Crippen LogP) is 3.23. The fourth-order valence-corrected chi connectivity index (χ4v) is 2.94. The number of carboxylic acids is 1. The molecule has 0 amide bonds. The topological polar surface area (TPSA) is 125 Å². The molecule has 0 aliphatic rings. The minimum atomic E-state index is -0.838. The Hall–Kier alpha value is -2.54. The van der Waals surface area contributed by atoms with Gasteiger partial charge in [0.25, 0.3) is 0 Å². The van der Waals surface area contributed by atoms with Gasteiger partial charge in [-0.25, -0.2) is 0 Å². The van der Waals surface area contributed by atoms with E-state index in [1.54, 1.807) is 24.3 Å². The van der Waals surface area contributed by atoms with Crippen LogP contribution < -0.4 is 11.5 Å². The molecule has 0 aliphatic carbocycles. The minimum Gasteiger partial charge on any atom is -0.508 e. The summed E-state index contributed by atoms with van der Waals surface area (Å²) in [5.41, 5.74) is 14.1. The maximum atomic E-state index is 10.5. The van der Waals surface area contributed by atoms with Crippen molar-refractivity contribution >= 4 is 28.5 Å². The second kappa shape index (κ2) is 9.97. The first kappa shape index (κ1) is 20.8. The van der Waals surface area contributed by atoms with Crippen LogP contribution in [0, 0.1) is 0 Å². The molecule has 0 aliphatic heterocycles. The molecule has 2 aromatic carbocycles. The molecule has 0 saturated heterocycles. The fourth-order valence-electron chi connectivity index (χ4n) is 2.81. The summed E-state index contributed by atoms with van der Waals surface area (Å²) in [5, 5.41) is 19.6. The van der Waals surface area contributed by atoms with Crippen molar-refractivity contribution in [1.82, 2.24) is 4.98 Å². The van der Waals surface area contributed by atoms with Gasteiger partial charge in [-0.15, -0.1) is 0 Å². The van der Waals surface area contributed by atoms with Gasteiger partial charge in [-0.2, -0.15) is 0 Å². The van der Waals surface area contributed by atoms with Gasteiger partial charge in [0.15, 0.2) is 0 Å². The second-order valence-electron chi connectivity index (χ2n) is 6.16. The number of halogens is 1. The van der Waals surface area contributed by atoms with Crippen LogP contribution in [0.25, 0.3) is 10.9 Å². The number of benzene rings is 2. The van der Waals surface area contributed by atoms with Crippen molar-refractivity contribution in [2.75, 3.05) is 13.1 Å². The first-order chi connectivity index (χ1) is 12.9. The Morgan fingerprint density at radius 1 is 1.15 bits per heavy atom. The summed E-state index contributed by atoms with van der Waals surface area (Å²) in [6, 6.07) is 12.4. The average Bonchev–Trinajstić information content (AvgIpc) is 3.03. The molecule has 27 heavy (non-hydrogen) atoms. The molecule has 3 aromatic rings. The lowest BCUT2D eigenvalue weighted by Gasteiger charge is -2.12. The van der Waals surface area contributed by atoms with Crippen molar-refractivity contribution in [1.29, 1.82) is 0 Å². The molecule has 144 valence electrons. The molecule has 1 aromatic heterocycles. The van der Waals surface area contributed by atoms with Crippen LogP contribution in [0.4, 0.5) is 0 Å². The predicted molar refractivity (Wildman–Crippen MR) is 108 cm³/mol. The van der Waals surface area contributed by atoms with E-state index >= 15 is 0 Å². The number of hydrogen-bond donors (Lipinski definition) is 5. The fraction of sp³-hybridized carbons (Fsp3) is 0.250. The molecule has 6 nitrogen and oxygen atoms in total. The summed E-state index contributed by atoms with van der Waals surface area (Å²) in [7, 11) is 0. The number of aromatic nitrogens is 1. The van der Waals surface area contributed by atoms with Crippen LogP contribution in [-0.2, 0) is 11.2 Å². The maximum Gasteiger partial charge on any atom is 0.304 e. The number of aliphatic carboxylic acids is 1. The minimum absolute atomic E-state index is 0.0537. The molecule has 3 rings (SSSR count). The molecule has 0 spiro atoms. The van der Waals surface area contributed by atoms with Crippen LogP contribution in [0.3, 0.4) is 0 Å². The van der Waals surface area contributed by atoms with Crippen molar-refractivity contribution < 1.29 is 15.0 Å². The Morgan fingerprint density at radius 2 is 1.85 bits per heavy atom. The van der Waals surface area contributed by atoms with E-state index in [1.165, 1.54) is 0 Å². The van der Waals surface area contributed by atoms with Crippen LogP contribution >= 0.6 is 11.6 Å². The Morgan fingerprint density at radius 3 is 2.44 bits per heavy atom. The van der Waals surface area contributed by atoms with Gasteiger partial charge >= 0.3 is 5.97 Å². The van der Waals surface area contributed by atoms with E-state index in [4.69, 9.17) is 28.2 Å². The largest absolute Gasteiger partial charge is 0.508 e. The monoisotopic (exact) mass is 389 g/mol. The maximum absolute atomic E-state index is 10.5. The van der Waals surface area contributed by atoms with E-state index in [0.29, 0.717) is 23.9 Å². The molecule has 0 radical (unpaired) electrons. The third kappa shape index (κ3) is 5.99. The summed E-state index contributed by atoms with van der Waals surface area (Å²) in [4.78, 5) is 13.7. The Balaban J connectivity index is 0.000000194. The van der Waals surface area contributed by atoms with Crippen molar-refractivity contribution in [2.24, 2.45) is 11.5 Å². The lowest BCUT2D eigenvalue weighted by Crippen LogP contribution is -2.16. The van der Waals surface area contributed by atoms with Crippen molar-refractivity contribution in [3.8, 4) is 5.75 Å². The number of carbonyl (C=O) groups is 1. The second-order valence-corrected chi connectivity index (χ2v) is 6.60. The number of hydrogen-bond acceptors (Lipinski definition) is 4. The highest BCUT2D eigenvalue weighted by molar-refractivity contribution is 6.30. The number of phenols is 1. The van der Waals surface area contributed by atoms with Gasteiger partial charge in [0.1, 0.15) is 5.75 Å². The average molecular weight is 390 g/mol. The van der Waals surface area contributed by atoms with E-state index in [9.17, 15) is 9.90 Å². The number of fused-ring (bicyclic) bond motifs is 1. The first-order valence-corrected chi connectivity index (χ1v) is 8.98. The van der Waals surface area contributed by atoms with E-state index in [0.717, 1.165) is 28.5 Å². The van der Waals surface area contributed by atoms with Gasteiger partial charge < -0.3 is 26.7 Å². The van der Waals surface area contributed by atoms with Gasteiger partial charge in [0.05, 0.1) is 6.42 Å². The van der Waals surface area contributed by atoms with E-state index in [1.807, 2.05) is 24.4 Å². The molecular weight excluding hydrogens is 366 g/mol. The Bertz CT molecular complexity index is 878. The normalized spacial score (nSPS) is 11.7. The molecule has 0 fully saturated rings. The molecule has 0 saturated carbocycles. The highest BCUT2D eigenvalue weighted by Crippen LogP contribution is 2.23. The molecule has 7 heteroatoms. The van der Waals surface area contributed by atoms with E-state index < -0.39 is 5.97 Å². The number of carboxylic acid groups (broad SMARTS) is 1. The van der Waals surface area contributed by atoms with Crippen molar-refractivity contribution in [3.63, 3.8) is 0 Å². The summed E-state index contributed by atoms with van der Waals surface area (Å²) in [5.74, 6) is -0.675. The SMILES string of the molecule is NCC(CC(=O)O)c1ccc(Cl)cc1.NCCc1c[nH]c2ccc(O)cc12. The first-order valence-electron chi connectivity index (χ1n) is 8.61. The highest BCUT2D eigenvalue weighted by atomic mass is 35.5. The van der Waals surface area contributed by atoms with Crippen LogP contribution in [0.2, 0.25) is 5.02 Å². The number of rotatable bonds is 6. The summed E-state index contributed by atoms with van der Waals surface area (Å²) in [6.07, 6.45) is 2.83. The molecule has 7 N–H and O–H groups in total. The van der Waals surface area contributed by atoms with Crippen LogP contribution in [-0.4, -0.2) is 34.3 Å². The van der Waals surface area contributed by atoms with Gasteiger partial charge in [-0.1, -0.05) is 23.7 Å². The zero-order valence-electron chi connectivity index (χ0n) is 14.9. The van der Waals surface area contributed by atoms with Crippen molar-refractivity contribution in [2.45, 2.75) is 18.8 Å². The van der Waals surface area contributed by atoms with Crippen molar-refractivity contribution in [3.05, 3.63) is 64.8 Å². The van der Waals surface area contributed by atoms with Gasteiger partial charge in [-0.05, 0) is 61.0 Å². The zero-order valence-corrected chi connectivity index (χ0v) is 15.6. The molecule has 1 atom stereocenters. The van der Waals surface area contributed by atoms with Crippen LogP contribution in [0.15, 0.2) is 48.7 Å². The highest BCUT2D eigenvalue weighted by Gasteiger charge is 2.13. The zero-order chi connectivity index (χ0) is 19.8. The Kier molecular flexibility index (Phi) is 7.67. The summed E-state index contributed by atoms with van der Waals surface area (Å²) < 4.78 is 0. The standard InChI is InChI=1S/C10H12ClNO2.C10H12N2O/c11-9-3-1-7(2-4-9)8(6-12)5-10(13)14;11-4-3-7-6-12-10-2-1-8(13)5-9(7)10/h1-4,8H,5-6,12H2,(H,13,14);1-2,5-6,12-13H,3-4,11H2. The molecule has 0 bridgehead atoms. The van der Waals surface area contributed by atoms with Crippen LogP contribution in [0.5, 0.6) is 5.75 Å². The molecular formula is C20H24ClN3O3. The van der Waals surface area contributed by atoms with Crippen LogP contribution in [0.1, 0.15) is 23.5 Å². The van der Waals surface area contributed by atoms with Gasteiger partial charge in [-0.3, -0.25) is 4.79 Å². The number of aromatic hydroxyl groups is 1. The number of H-pyrrole nitrogens is 1. The Labute approximate surface area is 162 Å².